The van der Waals surface area contributed by atoms with E-state index in [0.29, 0.717) is 0 Å². The van der Waals surface area contributed by atoms with Gasteiger partial charge in [-0.2, -0.15) is 0 Å². The zero-order chi connectivity index (χ0) is 12.9. The fourth-order valence-electron chi connectivity index (χ4n) is 1.83. The molecule has 3 nitrogen and oxygen atoms in total. The molecule has 0 atom stereocenters. The van der Waals surface area contributed by atoms with Gasteiger partial charge in [-0.3, -0.25) is 4.98 Å². The number of nitrogens with zero attached hydrogens (tertiary/aromatic N) is 1. The third-order valence-corrected chi connectivity index (χ3v) is 2.73. The molecule has 0 saturated heterocycles. The largest absolute Gasteiger partial charge is 0.458 e. The Morgan fingerprint density at radius 2 is 1.84 bits per heavy atom. The van der Waals surface area contributed by atoms with Crippen molar-refractivity contribution in [3.8, 4) is 11.5 Å². The molecule has 0 aliphatic heterocycles. The van der Waals surface area contributed by atoms with Crippen LogP contribution in [0.4, 0.5) is 0 Å². The Morgan fingerprint density at radius 3 is 2.74 bits per heavy atom. The highest BCUT2D eigenvalue weighted by Crippen LogP contribution is 2.23. The molecule has 1 aromatic heterocycles. The second kappa shape index (κ2) is 5.40. The van der Waals surface area contributed by atoms with Crippen LogP contribution in [0.25, 0.3) is 10.9 Å². The van der Waals surface area contributed by atoms with E-state index in [-0.39, 0.29) is 6.79 Å². The highest BCUT2D eigenvalue weighted by molar-refractivity contribution is 5.84. The summed E-state index contributed by atoms with van der Waals surface area (Å²) in [5.41, 5.74) is 0.911. The van der Waals surface area contributed by atoms with Gasteiger partial charge in [0.05, 0.1) is 5.52 Å². The summed E-state index contributed by atoms with van der Waals surface area (Å²) in [7, 11) is 0. The van der Waals surface area contributed by atoms with Gasteiger partial charge in [-0.05, 0) is 42.5 Å². The molecule has 0 unspecified atom stereocenters. The Balaban J connectivity index is 1.72. The summed E-state index contributed by atoms with van der Waals surface area (Å²) in [4.78, 5) is 4.28. The molecule has 0 saturated carbocycles. The molecule has 0 aliphatic rings. The summed E-state index contributed by atoms with van der Waals surface area (Å²) in [5.74, 6) is 1.53. The van der Waals surface area contributed by atoms with Crippen LogP contribution in [0.5, 0.6) is 11.5 Å². The lowest BCUT2D eigenvalue weighted by atomic mass is 10.2. The normalized spacial score (nSPS) is 10.3. The van der Waals surface area contributed by atoms with E-state index in [1.165, 1.54) is 0 Å². The molecule has 93 valence electrons. The number of ether oxygens (including phenoxy) is 2. The lowest BCUT2D eigenvalue weighted by molar-refractivity contribution is 0.121. The molecule has 3 rings (SSSR count). The monoisotopic (exact) mass is 250 g/mol. The zero-order valence-electron chi connectivity index (χ0n) is 10.2. The molecule has 0 amide bonds. The van der Waals surface area contributed by atoms with Crippen LogP contribution in [-0.4, -0.2) is 11.8 Å². The SMILES string of the molecule is [c]1ccc(OCOc2cccc3ncccc23)cc1. The van der Waals surface area contributed by atoms with Gasteiger partial charge in [0, 0.05) is 11.6 Å². The topological polar surface area (TPSA) is 31.4 Å². The summed E-state index contributed by atoms with van der Waals surface area (Å²) < 4.78 is 11.1. The zero-order valence-corrected chi connectivity index (χ0v) is 10.2. The first-order valence-electron chi connectivity index (χ1n) is 5.99. The average Bonchev–Trinajstić information content (AvgIpc) is 2.49. The number of pyridine rings is 1. The maximum Gasteiger partial charge on any atom is 0.230 e. The lowest BCUT2D eigenvalue weighted by Gasteiger charge is -2.10. The first-order chi connectivity index (χ1) is 9.43. The number of benzene rings is 2. The van der Waals surface area contributed by atoms with Crippen LogP contribution in [0.3, 0.4) is 0 Å². The van der Waals surface area contributed by atoms with Crippen molar-refractivity contribution in [3.63, 3.8) is 0 Å². The van der Waals surface area contributed by atoms with Crippen molar-refractivity contribution in [2.45, 2.75) is 0 Å². The summed E-state index contributed by atoms with van der Waals surface area (Å²) in [6, 6.07) is 19.9. The van der Waals surface area contributed by atoms with Crippen LogP contribution in [0.15, 0.2) is 60.8 Å². The van der Waals surface area contributed by atoms with Gasteiger partial charge in [0.2, 0.25) is 6.79 Å². The van der Waals surface area contributed by atoms with E-state index in [1.54, 1.807) is 18.3 Å². The van der Waals surface area contributed by atoms with Gasteiger partial charge in [0.15, 0.2) is 0 Å². The summed E-state index contributed by atoms with van der Waals surface area (Å²) >= 11 is 0. The molecule has 2 aromatic carbocycles. The molecule has 1 heterocycles. The first kappa shape index (κ1) is 11.5. The van der Waals surface area contributed by atoms with E-state index >= 15 is 0 Å². The van der Waals surface area contributed by atoms with Gasteiger partial charge in [-0.25, -0.2) is 0 Å². The Morgan fingerprint density at radius 1 is 0.947 bits per heavy atom. The molecule has 3 aromatic rings. The van der Waals surface area contributed by atoms with E-state index in [0.717, 1.165) is 22.4 Å². The number of hydrogen-bond acceptors (Lipinski definition) is 3. The van der Waals surface area contributed by atoms with Crippen molar-refractivity contribution in [2.24, 2.45) is 0 Å². The van der Waals surface area contributed by atoms with Crippen LogP contribution in [0.2, 0.25) is 0 Å². The molecule has 0 N–H and O–H groups in total. The maximum atomic E-state index is 5.65. The second-order valence-corrected chi connectivity index (χ2v) is 3.97. The molecule has 3 heteroatoms. The van der Waals surface area contributed by atoms with Crippen LogP contribution in [-0.2, 0) is 0 Å². The van der Waals surface area contributed by atoms with Crippen LogP contribution < -0.4 is 9.47 Å². The molecular weight excluding hydrogens is 238 g/mol. The smallest absolute Gasteiger partial charge is 0.230 e. The minimum atomic E-state index is 0.165. The van der Waals surface area contributed by atoms with Crippen molar-refractivity contribution >= 4 is 10.9 Å². The van der Waals surface area contributed by atoms with Crippen molar-refractivity contribution in [1.82, 2.24) is 4.98 Å². The lowest BCUT2D eigenvalue weighted by Crippen LogP contribution is -2.05. The van der Waals surface area contributed by atoms with Crippen LogP contribution >= 0.6 is 0 Å². The first-order valence-corrected chi connectivity index (χ1v) is 5.99. The molecule has 1 radical (unpaired) electrons. The molecule has 0 aliphatic carbocycles. The van der Waals surface area contributed by atoms with Crippen molar-refractivity contribution in [1.29, 1.82) is 0 Å². The number of hydrogen-bond donors (Lipinski definition) is 0. The Hall–Kier alpha value is -2.55. The van der Waals surface area contributed by atoms with E-state index in [1.807, 2.05) is 42.5 Å². The quantitative estimate of drug-likeness (QED) is 0.664. The fraction of sp³-hybridized carbons (Fsp3) is 0.0625. The molecular formula is C16H12NO2. The van der Waals surface area contributed by atoms with Gasteiger partial charge in [0.25, 0.3) is 0 Å². The van der Waals surface area contributed by atoms with E-state index < -0.39 is 0 Å². The minimum Gasteiger partial charge on any atom is -0.458 e. The Bertz CT molecular complexity index is 662. The summed E-state index contributed by atoms with van der Waals surface area (Å²) in [6.07, 6.45) is 1.77. The molecule has 0 bridgehead atoms. The van der Waals surface area contributed by atoms with E-state index in [2.05, 4.69) is 11.1 Å². The number of fused-ring (bicyclic) bond motifs is 1. The predicted octanol–water partition coefficient (Wildman–Crippen LogP) is 3.45. The van der Waals surface area contributed by atoms with Crippen molar-refractivity contribution < 1.29 is 9.47 Å². The average molecular weight is 250 g/mol. The van der Waals surface area contributed by atoms with Gasteiger partial charge < -0.3 is 9.47 Å². The fourth-order valence-corrected chi connectivity index (χ4v) is 1.83. The van der Waals surface area contributed by atoms with Gasteiger partial charge in [-0.1, -0.05) is 18.2 Å². The van der Waals surface area contributed by atoms with Crippen molar-refractivity contribution in [3.05, 3.63) is 66.9 Å². The molecule has 0 fully saturated rings. The minimum absolute atomic E-state index is 0.165. The Labute approximate surface area is 111 Å². The summed E-state index contributed by atoms with van der Waals surface area (Å²) in [5, 5.41) is 0.981. The third kappa shape index (κ3) is 2.65. The van der Waals surface area contributed by atoms with Crippen LogP contribution in [0, 0.1) is 6.07 Å². The highest BCUT2D eigenvalue weighted by Gasteiger charge is 2.02. The van der Waals surface area contributed by atoms with Gasteiger partial charge in [0.1, 0.15) is 11.5 Å². The van der Waals surface area contributed by atoms with Crippen LogP contribution in [0.1, 0.15) is 0 Å². The molecule has 19 heavy (non-hydrogen) atoms. The van der Waals surface area contributed by atoms with Crippen molar-refractivity contribution in [2.75, 3.05) is 6.79 Å². The number of rotatable bonds is 4. The second-order valence-electron chi connectivity index (χ2n) is 3.97. The molecule has 0 spiro atoms. The predicted molar refractivity (Wildman–Crippen MR) is 73.1 cm³/mol. The van der Waals surface area contributed by atoms with Gasteiger partial charge in [-0.15, -0.1) is 0 Å². The standard InChI is InChI=1S/C16H12NO2/c1-2-6-13(7-3-1)18-12-19-16-10-4-9-15-14(16)8-5-11-17-15/h2-11H,12H2. The van der Waals surface area contributed by atoms with E-state index in [4.69, 9.17) is 9.47 Å². The van der Waals surface area contributed by atoms with E-state index in [9.17, 15) is 0 Å². The number of aromatic nitrogens is 1. The third-order valence-electron chi connectivity index (χ3n) is 2.73. The Kier molecular flexibility index (Phi) is 3.28. The summed E-state index contributed by atoms with van der Waals surface area (Å²) in [6.45, 7) is 0.165. The maximum absolute atomic E-state index is 5.65. The van der Waals surface area contributed by atoms with Gasteiger partial charge >= 0.3 is 0 Å². The highest BCUT2D eigenvalue weighted by atomic mass is 16.7.